The fourth-order valence-corrected chi connectivity index (χ4v) is 4.48. The third-order valence-electron chi connectivity index (χ3n) is 3.80. The molecule has 0 saturated heterocycles. The number of aryl methyl sites for hydroxylation is 1. The third kappa shape index (κ3) is 2.98. The second-order valence-corrected chi connectivity index (χ2v) is 8.06. The van der Waals surface area contributed by atoms with Gasteiger partial charge in [-0.05, 0) is 60.9 Å². The number of nitrogens with zero attached hydrogens (tertiary/aromatic N) is 1. The summed E-state index contributed by atoms with van der Waals surface area (Å²) in [5.41, 5.74) is 1.48. The van der Waals surface area contributed by atoms with Crippen LogP contribution in [-0.2, 0) is 16.4 Å². The Morgan fingerprint density at radius 2 is 1.83 bits per heavy atom. The number of hydrogen-bond donors (Lipinski definition) is 1. The molecule has 7 heteroatoms. The lowest BCUT2D eigenvalue weighted by molar-refractivity contribution is 0.0696. The van der Waals surface area contributed by atoms with Crippen LogP contribution < -0.4 is 4.31 Å². The molecule has 0 amide bonds. The Hall–Kier alpha value is -1.86. The zero-order valence-corrected chi connectivity index (χ0v) is 14.5. The van der Waals surface area contributed by atoms with E-state index in [0.717, 1.165) is 10.0 Å². The van der Waals surface area contributed by atoms with Gasteiger partial charge in [-0.25, -0.2) is 13.2 Å². The van der Waals surface area contributed by atoms with Gasteiger partial charge in [0.05, 0.1) is 16.1 Å². The summed E-state index contributed by atoms with van der Waals surface area (Å²) < 4.78 is 27.9. The minimum Gasteiger partial charge on any atom is -0.478 e. The first-order chi connectivity index (χ1) is 10.9. The molecule has 0 spiro atoms. The largest absolute Gasteiger partial charge is 0.478 e. The molecule has 2 aromatic carbocycles. The summed E-state index contributed by atoms with van der Waals surface area (Å²) >= 11 is 3.29. The molecule has 120 valence electrons. The van der Waals surface area contributed by atoms with E-state index in [1.807, 2.05) is 0 Å². The number of carboxylic acids is 1. The lowest BCUT2D eigenvalue weighted by Gasteiger charge is -2.30. The van der Waals surface area contributed by atoms with E-state index in [9.17, 15) is 13.2 Å². The summed E-state index contributed by atoms with van der Waals surface area (Å²) in [6.45, 7) is 0.387. The molecule has 2 aromatic rings. The number of carbonyl (C=O) groups is 1. The summed E-state index contributed by atoms with van der Waals surface area (Å²) in [5, 5.41) is 9.08. The molecule has 5 nitrogen and oxygen atoms in total. The fraction of sp³-hybridized carbons (Fsp3) is 0.188. The van der Waals surface area contributed by atoms with E-state index in [-0.39, 0.29) is 10.5 Å². The highest BCUT2D eigenvalue weighted by Gasteiger charge is 2.29. The molecule has 0 atom stereocenters. The Morgan fingerprint density at radius 3 is 2.48 bits per heavy atom. The quantitative estimate of drug-likeness (QED) is 0.864. The number of carboxylic acid groups (broad SMARTS) is 1. The molecule has 0 saturated carbocycles. The molecule has 1 N–H and O–H groups in total. The highest BCUT2D eigenvalue weighted by Crippen LogP contribution is 2.33. The monoisotopic (exact) mass is 395 g/mol. The Kier molecular flexibility index (Phi) is 4.16. The number of halogens is 1. The lowest BCUT2D eigenvalue weighted by atomic mass is 10.0. The van der Waals surface area contributed by atoms with E-state index in [4.69, 9.17) is 5.11 Å². The van der Waals surface area contributed by atoms with Crippen LogP contribution in [0.3, 0.4) is 0 Å². The van der Waals surface area contributed by atoms with Crippen LogP contribution in [0.4, 0.5) is 5.69 Å². The first kappa shape index (κ1) is 16.0. The SMILES string of the molecule is O=C(O)c1ccc2c(c1)CCCN2S(=O)(=O)c1ccc(Br)cc1. The Morgan fingerprint density at radius 1 is 1.13 bits per heavy atom. The Bertz CT molecular complexity index is 862. The van der Waals surface area contributed by atoms with E-state index < -0.39 is 16.0 Å². The van der Waals surface area contributed by atoms with Crippen molar-refractivity contribution in [1.29, 1.82) is 0 Å². The van der Waals surface area contributed by atoms with Gasteiger partial charge in [0, 0.05) is 11.0 Å². The van der Waals surface area contributed by atoms with Gasteiger partial charge in [-0.15, -0.1) is 0 Å². The van der Waals surface area contributed by atoms with Gasteiger partial charge in [0.1, 0.15) is 0 Å². The van der Waals surface area contributed by atoms with E-state index in [1.54, 1.807) is 36.4 Å². The summed E-state index contributed by atoms with van der Waals surface area (Å²) in [5.74, 6) is -1.01. The molecule has 1 aliphatic rings. The zero-order valence-electron chi connectivity index (χ0n) is 12.1. The van der Waals surface area contributed by atoms with Gasteiger partial charge >= 0.3 is 5.97 Å². The highest BCUT2D eigenvalue weighted by molar-refractivity contribution is 9.10. The summed E-state index contributed by atoms with van der Waals surface area (Å²) in [4.78, 5) is 11.3. The molecule has 0 radical (unpaired) electrons. The maximum atomic E-state index is 12.9. The molecule has 1 aliphatic heterocycles. The van der Waals surface area contributed by atoms with Crippen molar-refractivity contribution in [1.82, 2.24) is 0 Å². The second kappa shape index (κ2) is 5.98. The predicted molar refractivity (Wildman–Crippen MR) is 90.4 cm³/mol. The van der Waals surface area contributed by atoms with Gasteiger partial charge < -0.3 is 5.11 Å². The molecule has 0 bridgehead atoms. The summed E-state index contributed by atoms with van der Waals surface area (Å²) in [7, 11) is -3.66. The second-order valence-electron chi connectivity index (χ2n) is 5.28. The number of anilines is 1. The fourth-order valence-electron chi connectivity index (χ4n) is 2.68. The van der Waals surface area contributed by atoms with Gasteiger partial charge in [0.25, 0.3) is 10.0 Å². The number of sulfonamides is 1. The standard InChI is InChI=1S/C16H14BrNO4S/c17-13-4-6-14(7-5-13)23(21,22)18-9-1-2-11-10-12(16(19)20)3-8-15(11)18/h3-8,10H,1-2,9H2,(H,19,20). The molecule has 0 fully saturated rings. The van der Waals surface area contributed by atoms with Crippen molar-refractivity contribution in [2.75, 3.05) is 10.8 Å². The summed E-state index contributed by atoms with van der Waals surface area (Å²) in [6.07, 6.45) is 1.33. The average molecular weight is 396 g/mol. The number of aromatic carboxylic acids is 1. The van der Waals surface area contributed by atoms with Gasteiger partial charge in [0.15, 0.2) is 0 Å². The van der Waals surface area contributed by atoms with Gasteiger partial charge in [0.2, 0.25) is 0 Å². The summed E-state index contributed by atoms with van der Waals surface area (Å²) in [6, 6.07) is 11.1. The van der Waals surface area contributed by atoms with E-state index in [1.165, 1.54) is 10.4 Å². The smallest absolute Gasteiger partial charge is 0.335 e. The topological polar surface area (TPSA) is 74.7 Å². The molecule has 0 aromatic heterocycles. The van der Waals surface area contributed by atoms with Gasteiger partial charge in [-0.2, -0.15) is 0 Å². The predicted octanol–water partition coefficient (Wildman–Crippen LogP) is 3.29. The molecule has 0 unspecified atom stereocenters. The van der Waals surface area contributed by atoms with E-state index in [2.05, 4.69) is 15.9 Å². The molecule has 0 aliphatic carbocycles. The zero-order chi connectivity index (χ0) is 16.6. The number of benzene rings is 2. The highest BCUT2D eigenvalue weighted by atomic mass is 79.9. The third-order valence-corrected chi connectivity index (χ3v) is 6.16. The van der Waals surface area contributed by atoms with Crippen LogP contribution in [0, 0.1) is 0 Å². The minimum atomic E-state index is -3.66. The maximum absolute atomic E-state index is 12.9. The van der Waals surface area contributed by atoms with Crippen LogP contribution in [0.5, 0.6) is 0 Å². The first-order valence-corrected chi connectivity index (χ1v) is 9.27. The molecular formula is C16H14BrNO4S. The molecule has 1 heterocycles. The number of fused-ring (bicyclic) bond motifs is 1. The van der Waals surface area contributed by atoms with Crippen molar-refractivity contribution in [3.8, 4) is 0 Å². The normalized spacial score (nSPS) is 14.4. The van der Waals surface area contributed by atoms with Crippen LogP contribution in [0.1, 0.15) is 22.3 Å². The van der Waals surface area contributed by atoms with Crippen molar-refractivity contribution in [2.45, 2.75) is 17.7 Å². The van der Waals surface area contributed by atoms with Crippen LogP contribution in [0.2, 0.25) is 0 Å². The van der Waals surface area contributed by atoms with Crippen molar-refractivity contribution < 1.29 is 18.3 Å². The number of hydrogen-bond acceptors (Lipinski definition) is 3. The van der Waals surface area contributed by atoms with Crippen LogP contribution in [-0.4, -0.2) is 26.0 Å². The average Bonchev–Trinajstić information content (AvgIpc) is 2.54. The van der Waals surface area contributed by atoms with Crippen molar-refractivity contribution in [2.24, 2.45) is 0 Å². The van der Waals surface area contributed by atoms with Crippen LogP contribution in [0.25, 0.3) is 0 Å². The Balaban J connectivity index is 2.06. The molecule has 3 rings (SSSR count). The maximum Gasteiger partial charge on any atom is 0.335 e. The van der Waals surface area contributed by atoms with Gasteiger partial charge in [-0.3, -0.25) is 4.31 Å². The Labute approximate surface area is 142 Å². The van der Waals surface area contributed by atoms with Crippen molar-refractivity contribution in [3.63, 3.8) is 0 Å². The van der Waals surface area contributed by atoms with Crippen LogP contribution >= 0.6 is 15.9 Å². The number of rotatable bonds is 3. The lowest BCUT2D eigenvalue weighted by Crippen LogP contribution is -2.35. The van der Waals surface area contributed by atoms with Crippen molar-refractivity contribution >= 4 is 37.6 Å². The van der Waals surface area contributed by atoms with Crippen molar-refractivity contribution in [3.05, 3.63) is 58.1 Å². The van der Waals surface area contributed by atoms with E-state index in [0.29, 0.717) is 25.1 Å². The molecule has 23 heavy (non-hydrogen) atoms. The first-order valence-electron chi connectivity index (χ1n) is 7.04. The van der Waals surface area contributed by atoms with E-state index >= 15 is 0 Å². The van der Waals surface area contributed by atoms with Crippen LogP contribution in [0.15, 0.2) is 51.8 Å². The minimum absolute atomic E-state index is 0.173. The molecular weight excluding hydrogens is 382 g/mol. The van der Waals surface area contributed by atoms with Gasteiger partial charge in [-0.1, -0.05) is 15.9 Å².